The Morgan fingerprint density at radius 2 is 2.06 bits per heavy atom. The summed E-state index contributed by atoms with van der Waals surface area (Å²) in [5.41, 5.74) is 0.766. The molecule has 92 valence electrons. The fourth-order valence-corrected chi connectivity index (χ4v) is 1.28. The van der Waals surface area contributed by atoms with Gasteiger partial charge in [0, 0.05) is 5.69 Å². The van der Waals surface area contributed by atoms with E-state index in [2.05, 4.69) is 11.9 Å². The molecule has 0 unspecified atom stereocenters. The molecule has 1 N–H and O–H groups in total. The van der Waals surface area contributed by atoms with Crippen molar-refractivity contribution in [3.8, 4) is 5.75 Å². The summed E-state index contributed by atoms with van der Waals surface area (Å²) < 4.78 is 5.34. The van der Waals surface area contributed by atoms with Gasteiger partial charge in [-0.1, -0.05) is 12.7 Å². The van der Waals surface area contributed by atoms with Crippen LogP contribution in [0.5, 0.6) is 5.75 Å². The zero-order valence-electron chi connectivity index (χ0n) is 10.3. The first-order valence-electron chi connectivity index (χ1n) is 5.40. The molecule has 0 aliphatic heterocycles. The predicted molar refractivity (Wildman–Crippen MR) is 69.3 cm³/mol. The smallest absolute Gasteiger partial charge is 0.238 e. The monoisotopic (exact) mass is 234 g/mol. The maximum absolute atomic E-state index is 11.5. The highest BCUT2D eigenvalue weighted by atomic mass is 16.5. The van der Waals surface area contributed by atoms with Gasteiger partial charge in [0.05, 0.1) is 6.54 Å². The third kappa shape index (κ3) is 5.17. The molecule has 4 heteroatoms. The number of ether oxygens (including phenoxy) is 1. The highest BCUT2D eigenvalue weighted by Gasteiger charge is 2.03. The third-order valence-corrected chi connectivity index (χ3v) is 1.97. The minimum absolute atomic E-state index is 0.0326. The fourth-order valence-electron chi connectivity index (χ4n) is 1.28. The Hall–Kier alpha value is -1.81. The van der Waals surface area contributed by atoms with Gasteiger partial charge in [-0.15, -0.1) is 0 Å². The SMILES string of the molecule is C=CCOc1ccc(NC(=O)CN(C)C)cc1. The first kappa shape index (κ1) is 13.3. The van der Waals surface area contributed by atoms with Crippen LogP contribution in [-0.4, -0.2) is 38.1 Å². The molecule has 0 spiro atoms. The Morgan fingerprint density at radius 1 is 1.41 bits per heavy atom. The van der Waals surface area contributed by atoms with Crippen molar-refractivity contribution in [1.82, 2.24) is 4.90 Å². The van der Waals surface area contributed by atoms with Crippen LogP contribution in [0.4, 0.5) is 5.69 Å². The molecule has 0 saturated heterocycles. The van der Waals surface area contributed by atoms with Gasteiger partial charge in [0.25, 0.3) is 0 Å². The highest BCUT2D eigenvalue weighted by Crippen LogP contribution is 2.15. The van der Waals surface area contributed by atoms with E-state index >= 15 is 0 Å². The van der Waals surface area contributed by atoms with Crippen LogP contribution in [0.15, 0.2) is 36.9 Å². The number of hydrogen-bond acceptors (Lipinski definition) is 3. The topological polar surface area (TPSA) is 41.6 Å². The highest BCUT2D eigenvalue weighted by molar-refractivity contribution is 5.92. The van der Waals surface area contributed by atoms with Crippen LogP contribution in [0.3, 0.4) is 0 Å². The largest absolute Gasteiger partial charge is 0.490 e. The van der Waals surface area contributed by atoms with Gasteiger partial charge in [0.1, 0.15) is 12.4 Å². The lowest BCUT2D eigenvalue weighted by atomic mass is 10.3. The van der Waals surface area contributed by atoms with Crippen molar-refractivity contribution >= 4 is 11.6 Å². The molecule has 0 radical (unpaired) electrons. The third-order valence-electron chi connectivity index (χ3n) is 1.97. The molecule has 0 heterocycles. The standard InChI is InChI=1S/C13H18N2O2/c1-4-9-17-12-7-5-11(6-8-12)14-13(16)10-15(2)3/h4-8H,1,9-10H2,2-3H3,(H,14,16). The average Bonchev–Trinajstić information content (AvgIpc) is 2.27. The Morgan fingerprint density at radius 3 is 2.59 bits per heavy atom. The van der Waals surface area contributed by atoms with Gasteiger partial charge in [-0.3, -0.25) is 4.79 Å². The molecule has 17 heavy (non-hydrogen) atoms. The van der Waals surface area contributed by atoms with Crippen LogP contribution < -0.4 is 10.1 Å². The maximum atomic E-state index is 11.5. The van der Waals surface area contributed by atoms with Gasteiger partial charge in [-0.25, -0.2) is 0 Å². The number of nitrogens with zero attached hydrogens (tertiary/aromatic N) is 1. The molecule has 1 aromatic carbocycles. The van der Waals surface area contributed by atoms with Crippen LogP contribution in [0.2, 0.25) is 0 Å². The van der Waals surface area contributed by atoms with Gasteiger partial charge >= 0.3 is 0 Å². The summed E-state index contributed by atoms with van der Waals surface area (Å²) in [7, 11) is 3.71. The van der Waals surface area contributed by atoms with Crippen molar-refractivity contribution in [1.29, 1.82) is 0 Å². The number of anilines is 1. The molecule has 0 aliphatic carbocycles. The summed E-state index contributed by atoms with van der Waals surface area (Å²) in [5.74, 6) is 0.727. The van der Waals surface area contributed by atoms with E-state index in [-0.39, 0.29) is 5.91 Å². The number of carbonyl (C=O) groups excluding carboxylic acids is 1. The van der Waals surface area contributed by atoms with Crippen LogP contribution in [-0.2, 0) is 4.79 Å². The van der Waals surface area contributed by atoms with Gasteiger partial charge in [-0.05, 0) is 38.4 Å². The normalized spacial score (nSPS) is 10.1. The van der Waals surface area contributed by atoms with E-state index in [9.17, 15) is 4.79 Å². The molecule has 1 amide bonds. The number of rotatable bonds is 6. The second-order valence-corrected chi connectivity index (χ2v) is 3.91. The molecule has 1 aromatic rings. The van der Waals surface area contributed by atoms with Crippen LogP contribution in [0, 0.1) is 0 Å². The lowest BCUT2D eigenvalue weighted by Crippen LogP contribution is -2.27. The second kappa shape index (κ2) is 6.70. The van der Waals surface area contributed by atoms with E-state index in [0.29, 0.717) is 13.2 Å². The second-order valence-electron chi connectivity index (χ2n) is 3.91. The summed E-state index contributed by atoms with van der Waals surface area (Å²) in [6, 6.07) is 7.25. The molecule has 0 fully saturated rings. The number of amides is 1. The lowest BCUT2D eigenvalue weighted by Gasteiger charge is -2.10. The molecule has 4 nitrogen and oxygen atoms in total. The zero-order chi connectivity index (χ0) is 12.7. The van der Waals surface area contributed by atoms with Gasteiger partial charge < -0.3 is 15.0 Å². The average molecular weight is 234 g/mol. The predicted octanol–water partition coefficient (Wildman–Crippen LogP) is 1.75. The molecule has 1 rings (SSSR count). The first-order chi connectivity index (χ1) is 8.11. The van der Waals surface area contributed by atoms with E-state index in [4.69, 9.17) is 4.74 Å². The molecule has 0 aromatic heterocycles. The molecular formula is C13H18N2O2. The maximum Gasteiger partial charge on any atom is 0.238 e. The van der Waals surface area contributed by atoms with E-state index in [1.54, 1.807) is 6.08 Å². The van der Waals surface area contributed by atoms with Crippen molar-refractivity contribution in [3.05, 3.63) is 36.9 Å². The Kier molecular flexibility index (Phi) is 5.23. The molecule has 0 atom stereocenters. The van der Waals surface area contributed by atoms with E-state index in [1.165, 1.54) is 0 Å². The summed E-state index contributed by atoms with van der Waals surface area (Å²) in [6.07, 6.45) is 1.69. The fraction of sp³-hybridized carbons (Fsp3) is 0.308. The van der Waals surface area contributed by atoms with Gasteiger partial charge in [-0.2, -0.15) is 0 Å². The molecule has 0 aliphatic rings. The summed E-state index contributed by atoms with van der Waals surface area (Å²) in [6.45, 7) is 4.42. The number of hydrogen-bond donors (Lipinski definition) is 1. The number of carbonyl (C=O) groups is 1. The number of likely N-dealkylation sites (N-methyl/N-ethyl adjacent to an activating group) is 1. The van der Waals surface area contributed by atoms with Crippen LogP contribution >= 0.6 is 0 Å². The summed E-state index contributed by atoms with van der Waals surface area (Å²) >= 11 is 0. The Bertz CT molecular complexity index is 372. The van der Waals surface area contributed by atoms with Crippen molar-refractivity contribution in [3.63, 3.8) is 0 Å². The zero-order valence-corrected chi connectivity index (χ0v) is 10.3. The molecule has 0 saturated carbocycles. The van der Waals surface area contributed by atoms with Gasteiger partial charge in [0.15, 0.2) is 0 Å². The minimum atomic E-state index is -0.0326. The number of nitrogens with one attached hydrogen (secondary N) is 1. The van der Waals surface area contributed by atoms with Crippen molar-refractivity contribution in [2.45, 2.75) is 0 Å². The lowest BCUT2D eigenvalue weighted by molar-refractivity contribution is -0.116. The number of benzene rings is 1. The summed E-state index contributed by atoms with van der Waals surface area (Å²) in [5, 5.41) is 2.80. The van der Waals surface area contributed by atoms with Crippen LogP contribution in [0.25, 0.3) is 0 Å². The van der Waals surface area contributed by atoms with E-state index < -0.39 is 0 Å². The minimum Gasteiger partial charge on any atom is -0.490 e. The van der Waals surface area contributed by atoms with Crippen molar-refractivity contribution < 1.29 is 9.53 Å². The first-order valence-corrected chi connectivity index (χ1v) is 5.40. The van der Waals surface area contributed by atoms with E-state index in [1.807, 2.05) is 43.3 Å². The summed E-state index contributed by atoms with van der Waals surface area (Å²) in [4.78, 5) is 13.3. The molecule has 0 bridgehead atoms. The van der Waals surface area contributed by atoms with E-state index in [0.717, 1.165) is 11.4 Å². The molecular weight excluding hydrogens is 216 g/mol. The quantitative estimate of drug-likeness (QED) is 0.762. The Balaban J connectivity index is 2.50. The van der Waals surface area contributed by atoms with Crippen molar-refractivity contribution in [2.24, 2.45) is 0 Å². The van der Waals surface area contributed by atoms with Crippen LogP contribution in [0.1, 0.15) is 0 Å². The Labute approximate surface area is 102 Å². The van der Waals surface area contributed by atoms with Crippen molar-refractivity contribution in [2.75, 3.05) is 32.6 Å². The van der Waals surface area contributed by atoms with Gasteiger partial charge in [0.2, 0.25) is 5.91 Å².